The highest BCUT2D eigenvalue weighted by atomic mass is 19.4. The van der Waals surface area contributed by atoms with Crippen LogP contribution in [0.5, 0.6) is 0 Å². The van der Waals surface area contributed by atoms with Gasteiger partial charge in [-0.2, -0.15) is 13.2 Å². The molecule has 0 spiro atoms. The predicted octanol–water partition coefficient (Wildman–Crippen LogP) is 2.53. The van der Waals surface area contributed by atoms with Crippen molar-refractivity contribution in [3.8, 4) is 0 Å². The molecule has 1 saturated heterocycles. The summed E-state index contributed by atoms with van der Waals surface area (Å²) < 4.78 is 45.6. The molecule has 0 bridgehead atoms. The normalized spacial score (nSPS) is 17.4. The summed E-state index contributed by atoms with van der Waals surface area (Å²) in [5.41, 5.74) is 3.67. The van der Waals surface area contributed by atoms with Gasteiger partial charge in [-0.1, -0.05) is 0 Å². The first-order valence-corrected chi connectivity index (χ1v) is 12.1. The fraction of sp³-hybridized carbons (Fsp3) is 0.625. The van der Waals surface area contributed by atoms with Gasteiger partial charge in [0.05, 0.1) is 17.6 Å². The van der Waals surface area contributed by atoms with E-state index in [1.807, 2.05) is 30.7 Å². The second kappa shape index (κ2) is 10.4. The minimum Gasteiger partial charge on any atom is -0.466 e. The third-order valence-corrected chi connectivity index (χ3v) is 6.83. The average Bonchev–Trinajstić information content (AvgIpc) is 2.99. The van der Waals surface area contributed by atoms with Gasteiger partial charge < -0.3 is 19.1 Å². The Bertz CT molecular complexity index is 1080. The van der Waals surface area contributed by atoms with Gasteiger partial charge in [0.2, 0.25) is 5.95 Å². The van der Waals surface area contributed by atoms with Crippen LogP contribution < -0.4 is 4.90 Å². The van der Waals surface area contributed by atoms with Crippen LogP contribution in [0, 0.1) is 0 Å². The zero-order valence-corrected chi connectivity index (χ0v) is 20.2. The lowest BCUT2D eigenvalue weighted by atomic mass is 10.0. The zero-order valence-electron chi connectivity index (χ0n) is 20.2. The summed E-state index contributed by atoms with van der Waals surface area (Å²) in [7, 11) is 1.96. The highest BCUT2D eigenvalue weighted by Gasteiger charge is 2.42. The second-order valence-corrected chi connectivity index (χ2v) is 9.11. The van der Waals surface area contributed by atoms with Crippen LogP contribution in [-0.4, -0.2) is 89.8 Å². The SMILES string of the molecule is CCOC(=O)CCCN1CCN(c2nc3cc4c(cc3n2C)CCN(C(=O)C(F)(F)F)CC4)CC1. The summed E-state index contributed by atoms with van der Waals surface area (Å²) in [4.78, 5) is 33.5. The van der Waals surface area contributed by atoms with Crippen molar-refractivity contribution in [1.82, 2.24) is 19.4 Å². The van der Waals surface area contributed by atoms with Crippen molar-refractivity contribution < 1.29 is 27.5 Å². The molecule has 3 heterocycles. The number of amides is 1. The van der Waals surface area contributed by atoms with Crippen LogP contribution in [-0.2, 0) is 34.2 Å². The number of fused-ring (bicyclic) bond motifs is 2. The molecule has 1 aromatic heterocycles. The summed E-state index contributed by atoms with van der Waals surface area (Å²) in [5, 5.41) is 0. The van der Waals surface area contributed by atoms with Crippen molar-refractivity contribution in [2.45, 2.75) is 38.8 Å². The maximum Gasteiger partial charge on any atom is 0.471 e. The lowest BCUT2D eigenvalue weighted by Gasteiger charge is -2.35. The Morgan fingerprint density at radius 1 is 1.03 bits per heavy atom. The number of nitrogens with zero attached hydrogens (tertiary/aromatic N) is 5. The summed E-state index contributed by atoms with van der Waals surface area (Å²) in [6, 6.07) is 3.97. The lowest BCUT2D eigenvalue weighted by molar-refractivity contribution is -0.185. The van der Waals surface area contributed by atoms with E-state index in [2.05, 4.69) is 9.80 Å². The molecule has 192 valence electrons. The molecule has 0 saturated carbocycles. The van der Waals surface area contributed by atoms with Crippen molar-refractivity contribution in [3.05, 3.63) is 23.3 Å². The highest BCUT2D eigenvalue weighted by Crippen LogP contribution is 2.28. The van der Waals surface area contributed by atoms with Gasteiger partial charge in [0.1, 0.15) is 0 Å². The number of anilines is 1. The first-order chi connectivity index (χ1) is 16.7. The molecule has 2 aromatic rings. The number of halogens is 3. The first kappa shape index (κ1) is 25.3. The van der Waals surface area contributed by atoms with E-state index in [4.69, 9.17) is 9.72 Å². The summed E-state index contributed by atoms with van der Waals surface area (Å²) in [6.07, 6.45) is -2.86. The minimum atomic E-state index is -4.84. The fourth-order valence-electron chi connectivity index (χ4n) is 4.92. The Balaban J connectivity index is 1.39. The Labute approximate surface area is 202 Å². The number of alkyl halides is 3. The number of piperazine rings is 1. The highest BCUT2D eigenvalue weighted by molar-refractivity contribution is 5.83. The molecule has 2 aliphatic rings. The molecular weight excluding hydrogens is 463 g/mol. The summed E-state index contributed by atoms with van der Waals surface area (Å²) >= 11 is 0. The fourth-order valence-corrected chi connectivity index (χ4v) is 4.92. The van der Waals surface area contributed by atoms with E-state index in [0.717, 1.165) is 72.2 Å². The molecule has 0 N–H and O–H groups in total. The number of aromatic nitrogens is 2. The van der Waals surface area contributed by atoms with Crippen LogP contribution in [0.25, 0.3) is 11.0 Å². The van der Waals surface area contributed by atoms with Crippen LogP contribution in [0.2, 0.25) is 0 Å². The van der Waals surface area contributed by atoms with Crippen LogP contribution in [0.4, 0.5) is 19.1 Å². The number of esters is 1. The van der Waals surface area contributed by atoms with E-state index in [-0.39, 0.29) is 19.1 Å². The molecule has 1 fully saturated rings. The quantitative estimate of drug-likeness (QED) is 0.574. The van der Waals surface area contributed by atoms with Crippen molar-refractivity contribution in [2.75, 3.05) is 57.3 Å². The predicted molar refractivity (Wildman–Crippen MR) is 125 cm³/mol. The molecule has 1 aromatic carbocycles. The Morgan fingerprint density at radius 2 is 1.69 bits per heavy atom. The van der Waals surface area contributed by atoms with Crippen molar-refractivity contribution in [1.29, 1.82) is 0 Å². The number of hydrogen-bond acceptors (Lipinski definition) is 6. The van der Waals surface area contributed by atoms with Gasteiger partial charge in [-0.05, 0) is 56.0 Å². The van der Waals surface area contributed by atoms with E-state index in [0.29, 0.717) is 25.9 Å². The molecule has 0 unspecified atom stereocenters. The van der Waals surface area contributed by atoms with Crippen LogP contribution >= 0.6 is 0 Å². The number of rotatable bonds is 6. The Morgan fingerprint density at radius 3 is 2.31 bits per heavy atom. The minimum absolute atomic E-state index is 0.0503. The van der Waals surface area contributed by atoms with Gasteiger partial charge in [-0.3, -0.25) is 14.5 Å². The molecule has 0 aliphatic carbocycles. The van der Waals surface area contributed by atoms with Gasteiger partial charge >= 0.3 is 18.1 Å². The van der Waals surface area contributed by atoms with E-state index < -0.39 is 12.1 Å². The van der Waals surface area contributed by atoms with Gasteiger partial charge in [0.25, 0.3) is 0 Å². The van der Waals surface area contributed by atoms with E-state index in [1.54, 1.807) is 0 Å². The molecule has 1 amide bonds. The Kier molecular flexibility index (Phi) is 7.53. The number of benzene rings is 1. The maximum atomic E-state index is 12.9. The van der Waals surface area contributed by atoms with Gasteiger partial charge in [0, 0.05) is 52.7 Å². The number of hydrogen-bond donors (Lipinski definition) is 0. The third kappa shape index (κ3) is 5.71. The van der Waals surface area contributed by atoms with Crippen LogP contribution in [0.15, 0.2) is 12.1 Å². The molecule has 0 atom stereocenters. The molecule has 11 heteroatoms. The molecule has 4 rings (SSSR count). The number of imidazole rings is 1. The second-order valence-electron chi connectivity index (χ2n) is 9.11. The number of carbonyl (C=O) groups excluding carboxylic acids is 2. The van der Waals surface area contributed by atoms with Crippen molar-refractivity contribution in [3.63, 3.8) is 0 Å². The standard InChI is InChI=1S/C24H32F3N5O3/c1-3-35-21(33)5-4-8-30-11-13-32(14-12-30)23-28-19-15-17-6-9-31(22(34)24(25,26)27)10-7-18(17)16-20(19)29(23)2/h15-16H,3-14H2,1-2H3. The van der Waals surface area contributed by atoms with E-state index >= 15 is 0 Å². The van der Waals surface area contributed by atoms with Gasteiger partial charge in [-0.25, -0.2) is 4.98 Å². The van der Waals surface area contributed by atoms with Gasteiger partial charge in [-0.15, -0.1) is 0 Å². The third-order valence-electron chi connectivity index (χ3n) is 6.83. The lowest BCUT2D eigenvalue weighted by Crippen LogP contribution is -2.47. The molecule has 8 nitrogen and oxygen atoms in total. The largest absolute Gasteiger partial charge is 0.471 e. The van der Waals surface area contributed by atoms with E-state index in [1.165, 1.54) is 0 Å². The number of aryl methyl sites for hydroxylation is 1. The van der Waals surface area contributed by atoms with Crippen molar-refractivity contribution in [2.24, 2.45) is 7.05 Å². The number of ether oxygens (including phenoxy) is 1. The Hall–Kier alpha value is -2.82. The number of carbonyl (C=O) groups is 2. The topological polar surface area (TPSA) is 70.9 Å². The van der Waals surface area contributed by atoms with Crippen molar-refractivity contribution >= 4 is 28.9 Å². The smallest absolute Gasteiger partial charge is 0.466 e. The molecule has 35 heavy (non-hydrogen) atoms. The van der Waals surface area contributed by atoms with E-state index in [9.17, 15) is 22.8 Å². The van der Waals surface area contributed by atoms with Crippen LogP contribution in [0.1, 0.15) is 30.9 Å². The molecular formula is C24H32F3N5O3. The zero-order chi connectivity index (χ0) is 25.2. The van der Waals surface area contributed by atoms with Crippen LogP contribution in [0.3, 0.4) is 0 Å². The monoisotopic (exact) mass is 495 g/mol. The molecule has 0 radical (unpaired) electrons. The average molecular weight is 496 g/mol. The maximum absolute atomic E-state index is 12.9. The van der Waals surface area contributed by atoms with Gasteiger partial charge in [0.15, 0.2) is 0 Å². The molecule has 2 aliphatic heterocycles. The summed E-state index contributed by atoms with van der Waals surface area (Å²) in [6.45, 7) is 6.59. The summed E-state index contributed by atoms with van der Waals surface area (Å²) in [5.74, 6) is -1.04. The first-order valence-electron chi connectivity index (χ1n) is 12.1.